The second-order valence-electron chi connectivity index (χ2n) is 4.56. The van der Waals surface area contributed by atoms with Crippen molar-refractivity contribution in [2.24, 2.45) is 0 Å². The van der Waals surface area contributed by atoms with Gasteiger partial charge in [-0.1, -0.05) is 0 Å². The van der Waals surface area contributed by atoms with Crippen molar-refractivity contribution >= 4 is 23.0 Å². The highest BCUT2D eigenvalue weighted by Crippen LogP contribution is 2.35. The molecule has 3 rings (SSSR count). The summed E-state index contributed by atoms with van der Waals surface area (Å²) in [4.78, 5) is 25.6. The van der Waals surface area contributed by atoms with Gasteiger partial charge in [0.05, 0.1) is 5.56 Å². The van der Waals surface area contributed by atoms with Gasteiger partial charge in [-0.3, -0.25) is 9.59 Å². The Morgan fingerprint density at radius 2 is 2.00 bits per heavy atom. The summed E-state index contributed by atoms with van der Waals surface area (Å²) < 4.78 is 0. The molecule has 2 bridgehead atoms. The number of ketones is 1. The lowest BCUT2D eigenvalue weighted by molar-refractivity contribution is -0.122. The Bertz CT molecular complexity index is 410. The van der Waals surface area contributed by atoms with Gasteiger partial charge in [0, 0.05) is 30.3 Å². The van der Waals surface area contributed by atoms with Gasteiger partial charge in [0.25, 0.3) is 5.91 Å². The molecule has 3 nitrogen and oxygen atoms in total. The van der Waals surface area contributed by atoms with E-state index in [1.54, 1.807) is 11.3 Å². The van der Waals surface area contributed by atoms with E-state index in [2.05, 4.69) is 0 Å². The molecule has 84 valence electrons. The van der Waals surface area contributed by atoms with E-state index in [4.69, 9.17) is 0 Å². The van der Waals surface area contributed by atoms with Crippen molar-refractivity contribution in [2.45, 2.75) is 37.8 Å². The van der Waals surface area contributed by atoms with E-state index >= 15 is 0 Å². The first-order valence-electron chi connectivity index (χ1n) is 5.62. The zero-order chi connectivity index (χ0) is 11.1. The fourth-order valence-electron chi connectivity index (χ4n) is 2.84. The second kappa shape index (κ2) is 3.70. The van der Waals surface area contributed by atoms with Gasteiger partial charge < -0.3 is 4.90 Å². The van der Waals surface area contributed by atoms with Crippen LogP contribution in [0.4, 0.5) is 0 Å². The molecule has 0 unspecified atom stereocenters. The monoisotopic (exact) mass is 235 g/mol. The molecule has 0 aromatic carbocycles. The van der Waals surface area contributed by atoms with E-state index in [0.717, 1.165) is 18.4 Å². The van der Waals surface area contributed by atoms with Crippen molar-refractivity contribution in [3.8, 4) is 0 Å². The third-order valence-corrected chi connectivity index (χ3v) is 4.23. The fourth-order valence-corrected chi connectivity index (χ4v) is 3.47. The number of hydrogen-bond acceptors (Lipinski definition) is 3. The van der Waals surface area contributed by atoms with Gasteiger partial charge >= 0.3 is 0 Å². The van der Waals surface area contributed by atoms with Gasteiger partial charge in [-0.2, -0.15) is 11.3 Å². The number of carbonyl (C=O) groups excluding carboxylic acids is 2. The molecule has 0 saturated carbocycles. The molecule has 1 amide bonds. The summed E-state index contributed by atoms with van der Waals surface area (Å²) in [6.07, 6.45) is 3.11. The molecule has 16 heavy (non-hydrogen) atoms. The normalized spacial score (nSPS) is 28.5. The average Bonchev–Trinajstić information content (AvgIpc) is 2.85. The van der Waals surface area contributed by atoms with Crippen LogP contribution in [0.25, 0.3) is 0 Å². The second-order valence-corrected chi connectivity index (χ2v) is 5.34. The van der Waals surface area contributed by atoms with Crippen molar-refractivity contribution in [3.63, 3.8) is 0 Å². The molecule has 2 saturated heterocycles. The molecule has 2 aliphatic heterocycles. The Morgan fingerprint density at radius 1 is 1.31 bits per heavy atom. The van der Waals surface area contributed by atoms with Gasteiger partial charge in [0.2, 0.25) is 0 Å². The van der Waals surface area contributed by atoms with E-state index < -0.39 is 0 Å². The summed E-state index contributed by atoms with van der Waals surface area (Å²) >= 11 is 1.54. The van der Waals surface area contributed by atoms with Gasteiger partial charge in [-0.05, 0) is 24.3 Å². The maximum atomic E-state index is 12.2. The van der Waals surface area contributed by atoms with Crippen molar-refractivity contribution in [1.82, 2.24) is 4.90 Å². The quantitative estimate of drug-likeness (QED) is 0.747. The smallest absolute Gasteiger partial charge is 0.255 e. The topological polar surface area (TPSA) is 37.4 Å². The minimum Gasteiger partial charge on any atom is -0.332 e. The Balaban J connectivity index is 1.86. The lowest BCUT2D eigenvalue weighted by Crippen LogP contribution is -2.46. The Labute approximate surface area is 98.1 Å². The predicted molar refractivity (Wildman–Crippen MR) is 61.5 cm³/mol. The lowest BCUT2D eigenvalue weighted by atomic mass is 10.0. The van der Waals surface area contributed by atoms with E-state index in [1.807, 2.05) is 21.7 Å². The molecule has 0 spiro atoms. The highest BCUT2D eigenvalue weighted by atomic mass is 32.1. The van der Waals surface area contributed by atoms with Crippen LogP contribution in [-0.4, -0.2) is 28.7 Å². The first-order chi connectivity index (χ1) is 7.75. The number of fused-ring (bicyclic) bond motifs is 2. The predicted octanol–water partition coefficient (Wildman–Crippen LogP) is 2.08. The summed E-state index contributed by atoms with van der Waals surface area (Å²) in [5.41, 5.74) is 0.774. The number of nitrogens with zero attached hydrogens (tertiary/aromatic N) is 1. The number of rotatable bonds is 1. The average molecular weight is 235 g/mol. The highest BCUT2D eigenvalue weighted by molar-refractivity contribution is 7.08. The summed E-state index contributed by atoms with van der Waals surface area (Å²) in [7, 11) is 0. The van der Waals surface area contributed by atoms with Crippen molar-refractivity contribution < 1.29 is 9.59 Å². The largest absolute Gasteiger partial charge is 0.332 e. The molecule has 1 aromatic heterocycles. The number of piperidine rings is 1. The van der Waals surface area contributed by atoms with Crippen LogP contribution in [0.1, 0.15) is 36.0 Å². The SMILES string of the molecule is O=C1C[C@H]2CC[C@@H](C1)N2C(=O)c1ccsc1. The van der Waals surface area contributed by atoms with Gasteiger partial charge in [-0.25, -0.2) is 0 Å². The lowest BCUT2D eigenvalue weighted by Gasteiger charge is -2.33. The molecule has 4 heteroatoms. The van der Waals surface area contributed by atoms with E-state index in [-0.39, 0.29) is 18.0 Å². The van der Waals surface area contributed by atoms with Crippen molar-refractivity contribution in [3.05, 3.63) is 22.4 Å². The summed E-state index contributed by atoms with van der Waals surface area (Å²) in [6.45, 7) is 0. The van der Waals surface area contributed by atoms with E-state index in [1.165, 1.54) is 0 Å². The first-order valence-corrected chi connectivity index (χ1v) is 6.56. The zero-order valence-corrected chi connectivity index (χ0v) is 9.70. The first kappa shape index (κ1) is 10.0. The van der Waals surface area contributed by atoms with Crippen molar-refractivity contribution in [2.75, 3.05) is 0 Å². The van der Waals surface area contributed by atoms with Crippen LogP contribution in [0, 0.1) is 0 Å². The zero-order valence-electron chi connectivity index (χ0n) is 8.89. The molecule has 1 aromatic rings. The molecule has 0 radical (unpaired) electrons. The molecular formula is C12H13NO2S. The Kier molecular flexibility index (Phi) is 2.32. The van der Waals surface area contributed by atoms with Gasteiger partial charge in [0.1, 0.15) is 5.78 Å². The maximum Gasteiger partial charge on any atom is 0.255 e. The summed E-state index contributed by atoms with van der Waals surface area (Å²) in [5.74, 6) is 0.433. The van der Waals surface area contributed by atoms with Gasteiger partial charge in [-0.15, -0.1) is 0 Å². The van der Waals surface area contributed by atoms with Crippen LogP contribution in [-0.2, 0) is 4.79 Å². The van der Waals surface area contributed by atoms with Gasteiger partial charge in [0.15, 0.2) is 0 Å². The molecule has 2 atom stereocenters. The summed E-state index contributed by atoms with van der Waals surface area (Å²) in [6, 6.07) is 2.19. The number of carbonyl (C=O) groups is 2. The van der Waals surface area contributed by atoms with Crippen molar-refractivity contribution in [1.29, 1.82) is 0 Å². The van der Waals surface area contributed by atoms with E-state index in [0.29, 0.717) is 18.6 Å². The van der Waals surface area contributed by atoms with Crippen LogP contribution in [0.5, 0.6) is 0 Å². The number of amides is 1. The number of thiophene rings is 1. The van der Waals surface area contributed by atoms with Crippen LogP contribution in [0.3, 0.4) is 0 Å². The summed E-state index contributed by atoms with van der Waals surface area (Å²) in [5, 5.41) is 3.81. The Hall–Kier alpha value is -1.16. The molecule has 2 fully saturated rings. The Morgan fingerprint density at radius 3 is 2.56 bits per heavy atom. The van der Waals surface area contributed by atoms with E-state index in [9.17, 15) is 9.59 Å². The third kappa shape index (κ3) is 1.48. The van der Waals surface area contributed by atoms with Crippen LogP contribution >= 0.6 is 11.3 Å². The third-order valence-electron chi connectivity index (χ3n) is 3.55. The van der Waals surface area contributed by atoms with Crippen LogP contribution in [0.15, 0.2) is 16.8 Å². The molecule has 0 N–H and O–H groups in total. The van der Waals surface area contributed by atoms with Crippen LogP contribution in [0.2, 0.25) is 0 Å². The minimum absolute atomic E-state index is 0.112. The molecule has 3 heterocycles. The molecular weight excluding hydrogens is 222 g/mol. The number of Topliss-reactive ketones (excluding diaryl/α,β-unsaturated/α-hetero) is 1. The highest BCUT2D eigenvalue weighted by Gasteiger charge is 2.42. The standard InChI is InChI=1S/C12H13NO2S/c14-11-5-9-1-2-10(6-11)13(9)12(15)8-3-4-16-7-8/h3-4,7,9-10H,1-2,5-6H2/t9-,10+. The molecule has 2 aliphatic rings. The van der Waals surface area contributed by atoms with Crippen LogP contribution < -0.4 is 0 Å². The maximum absolute atomic E-state index is 12.2. The minimum atomic E-state index is 0.112. The fraction of sp³-hybridized carbons (Fsp3) is 0.500. The molecule has 0 aliphatic carbocycles. The number of hydrogen-bond donors (Lipinski definition) is 0.